The fourth-order valence-corrected chi connectivity index (χ4v) is 1.93. The second-order valence-electron chi connectivity index (χ2n) is 1.98. The summed E-state index contributed by atoms with van der Waals surface area (Å²) in [5.74, 6) is 1.07. The summed E-state index contributed by atoms with van der Waals surface area (Å²) in [7, 11) is 0.224. The van der Waals surface area contributed by atoms with E-state index in [4.69, 9.17) is 0 Å². The van der Waals surface area contributed by atoms with Gasteiger partial charge in [-0.1, -0.05) is 0 Å². The van der Waals surface area contributed by atoms with Crippen LogP contribution in [0.3, 0.4) is 0 Å². The van der Waals surface area contributed by atoms with Crippen molar-refractivity contribution in [3.05, 3.63) is 0 Å². The molecule has 1 aliphatic heterocycles. The first-order valence-electron chi connectivity index (χ1n) is 2.75. The van der Waals surface area contributed by atoms with Gasteiger partial charge in [-0.05, 0) is 25.1 Å². The van der Waals surface area contributed by atoms with Gasteiger partial charge in [0.05, 0.1) is 0 Å². The maximum absolute atomic E-state index is 10.7. The second kappa shape index (κ2) is 2.43. The predicted molar refractivity (Wildman–Crippen MR) is 42.6 cm³/mol. The van der Waals surface area contributed by atoms with Crippen molar-refractivity contribution in [3.63, 3.8) is 0 Å². The van der Waals surface area contributed by atoms with Crippen molar-refractivity contribution in [2.24, 2.45) is 4.99 Å². The minimum Gasteiger partial charge on any atom is -0.267 e. The Morgan fingerprint density at radius 3 is 2.67 bits per heavy atom. The zero-order chi connectivity index (χ0) is 6.85. The lowest BCUT2D eigenvalue weighted by molar-refractivity contribution is -0.111. The highest BCUT2D eigenvalue weighted by atomic mass is 32.2. The fourth-order valence-electron chi connectivity index (χ4n) is 0.752. The minimum absolute atomic E-state index is 0.0907. The summed E-state index contributed by atoms with van der Waals surface area (Å²) in [5, 5.41) is 0. The molecule has 1 rings (SSSR count). The molecule has 1 heterocycles. The summed E-state index contributed by atoms with van der Waals surface area (Å²) >= 11 is 0. The summed E-state index contributed by atoms with van der Waals surface area (Å²) in [6.45, 7) is 3.18. The molecule has 0 radical (unpaired) electrons. The molecular weight excluding hydrogens is 134 g/mol. The van der Waals surface area contributed by atoms with Gasteiger partial charge in [-0.15, -0.1) is 0 Å². The minimum atomic E-state index is -0.0907. The Morgan fingerprint density at radius 2 is 2.56 bits per heavy atom. The lowest BCUT2D eigenvalue weighted by atomic mass is 10.3. The zero-order valence-corrected chi connectivity index (χ0v) is 6.20. The van der Waals surface area contributed by atoms with Crippen molar-refractivity contribution < 1.29 is 4.79 Å². The van der Waals surface area contributed by atoms with Gasteiger partial charge in [0.25, 0.3) is 5.91 Å². The van der Waals surface area contributed by atoms with Gasteiger partial charge in [0.2, 0.25) is 0 Å². The Kier molecular flexibility index (Phi) is 1.81. The van der Waals surface area contributed by atoms with Crippen molar-refractivity contribution in [2.75, 3.05) is 12.0 Å². The molecule has 0 spiro atoms. The molecule has 0 N–H and O–H groups in total. The standard InChI is InChI=1S/C6H9NOS/c1-7-6(8)5-3-4-9(5)2/h1,3-4H2,2H3. The van der Waals surface area contributed by atoms with E-state index in [9.17, 15) is 4.79 Å². The molecule has 3 heteroatoms. The van der Waals surface area contributed by atoms with Crippen molar-refractivity contribution in [3.8, 4) is 0 Å². The summed E-state index contributed by atoms with van der Waals surface area (Å²) in [6.07, 6.45) is 3.01. The Morgan fingerprint density at radius 1 is 1.89 bits per heavy atom. The lowest BCUT2D eigenvalue weighted by Gasteiger charge is -2.17. The second-order valence-corrected chi connectivity index (χ2v) is 4.15. The number of aliphatic imine (C=N–C) groups is 1. The predicted octanol–water partition coefficient (Wildman–Crippen LogP) is 0.688. The van der Waals surface area contributed by atoms with Gasteiger partial charge in [-0.2, -0.15) is 10.5 Å². The quantitative estimate of drug-likeness (QED) is 0.392. The fraction of sp³-hybridized carbons (Fsp3) is 0.500. The average molecular weight is 143 g/mol. The summed E-state index contributed by atoms with van der Waals surface area (Å²) in [4.78, 5) is 15.1. The highest BCUT2D eigenvalue weighted by molar-refractivity contribution is 8.17. The normalized spacial score (nSPS) is 25.0. The van der Waals surface area contributed by atoms with Crippen LogP contribution in [-0.4, -0.2) is 29.5 Å². The van der Waals surface area contributed by atoms with Crippen LogP contribution in [0.2, 0.25) is 0 Å². The number of nitrogens with zero attached hydrogens (tertiary/aromatic N) is 1. The first kappa shape index (κ1) is 6.68. The molecule has 50 valence electrons. The molecule has 1 aliphatic rings. The van der Waals surface area contributed by atoms with Gasteiger partial charge in [-0.3, -0.25) is 4.79 Å². The number of hydrogen-bond acceptors (Lipinski definition) is 1. The smallest absolute Gasteiger partial charge is 0.267 e. The zero-order valence-electron chi connectivity index (χ0n) is 5.39. The molecular formula is C6H9NOS. The first-order valence-corrected chi connectivity index (χ1v) is 4.55. The van der Waals surface area contributed by atoms with Crippen molar-refractivity contribution in [2.45, 2.75) is 6.42 Å². The van der Waals surface area contributed by atoms with Crippen LogP contribution in [0.1, 0.15) is 6.42 Å². The molecule has 1 atom stereocenters. The van der Waals surface area contributed by atoms with Crippen LogP contribution in [0.5, 0.6) is 0 Å². The van der Waals surface area contributed by atoms with Crippen molar-refractivity contribution in [1.29, 1.82) is 0 Å². The maximum Gasteiger partial charge on any atom is 0.277 e. The van der Waals surface area contributed by atoms with E-state index in [1.54, 1.807) is 0 Å². The van der Waals surface area contributed by atoms with Crippen LogP contribution in [0, 0.1) is 0 Å². The molecule has 0 aliphatic carbocycles. The monoisotopic (exact) mass is 143 g/mol. The van der Waals surface area contributed by atoms with Crippen LogP contribution in [0.4, 0.5) is 0 Å². The number of carbonyl (C=O) groups is 1. The highest BCUT2D eigenvalue weighted by Crippen LogP contribution is 2.24. The number of carbonyl (C=O) groups excluding carboxylic acids is 1. The number of rotatable bonds is 1. The van der Waals surface area contributed by atoms with Gasteiger partial charge in [0.15, 0.2) is 0 Å². The number of amides is 1. The molecule has 0 saturated heterocycles. The summed E-state index contributed by atoms with van der Waals surface area (Å²) < 4.78 is 0. The third kappa shape index (κ3) is 1.10. The molecule has 0 bridgehead atoms. The Labute approximate surface area is 56.9 Å². The SMILES string of the molecule is C=NC(=O)C1=S(C)CC1. The van der Waals surface area contributed by atoms with Crippen LogP contribution in [0.15, 0.2) is 4.99 Å². The van der Waals surface area contributed by atoms with E-state index in [0.717, 1.165) is 17.0 Å². The van der Waals surface area contributed by atoms with Gasteiger partial charge in [0, 0.05) is 4.86 Å². The molecule has 1 unspecified atom stereocenters. The Bertz CT molecular complexity index is 195. The van der Waals surface area contributed by atoms with E-state index in [2.05, 4.69) is 18.0 Å². The van der Waals surface area contributed by atoms with E-state index in [0.29, 0.717) is 0 Å². The van der Waals surface area contributed by atoms with Crippen molar-refractivity contribution in [1.82, 2.24) is 0 Å². The molecule has 0 saturated carbocycles. The lowest BCUT2D eigenvalue weighted by Crippen LogP contribution is -2.20. The largest absolute Gasteiger partial charge is 0.277 e. The van der Waals surface area contributed by atoms with E-state index < -0.39 is 0 Å². The van der Waals surface area contributed by atoms with Crippen LogP contribution in [0.25, 0.3) is 0 Å². The van der Waals surface area contributed by atoms with Crippen LogP contribution < -0.4 is 0 Å². The number of hydrogen-bond donors (Lipinski definition) is 0. The molecule has 0 aromatic heterocycles. The Hall–Kier alpha value is -0.440. The van der Waals surface area contributed by atoms with E-state index in [1.807, 2.05) is 0 Å². The van der Waals surface area contributed by atoms with Crippen LogP contribution >= 0.6 is 10.5 Å². The van der Waals surface area contributed by atoms with E-state index >= 15 is 0 Å². The van der Waals surface area contributed by atoms with Gasteiger partial charge < -0.3 is 0 Å². The molecule has 0 fully saturated rings. The maximum atomic E-state index is 10.7. The molecule has 0 aromatic carbocycles. The van der Waals surface area contributed by atoms with Gasteiger partial charge >= 0.3 is 0 Å². The summed E-state index contributed by atoms with van der Waals surface area (Å²) in [6, 6.07) is 0. The topological polar surface area (TPSA) is 29.4 Å². The third-order valence-corrected chi connectivity index (χ3v) is 3.47. The third-order valence-electron chi connectivity index (χ3n) is 1.44. The molecule has 0 aromatic rings. The van der Waals surface area contributed by atoms with E-state index in [1.165, 1.54) is 0 Å². The molecule has 2 nitrogen and oxygen atoms in total. The van der Waals surface area contributed by atoms with Crippen molar-refractivity contribution >= 4 is 28.0 Å². The van der Waals surface area contributed by atoms with Gasteiger partial charge in [-0.25, -0.2) is 4.99 Å². The van der Waals surface area contributed by atoms with Gasteiger partial charge in [0.1, 0.15) is 0 Å². The van der Waals surface area contributed by atoms with Crippen LogP contribution in [-0.2, 0) is 4.79 Å². The molecule has 1 amide bonds. The Balaban J connectivity index is 2.75. The first-order chi connectivity index (χ1) is 4.25. The van der Waals surface area contributed by atoms with E-state index in [-0.39, 0.29) is 16.4 Å². The highest BCUT2D eigenvalue weighted by Gasteiger charge is 2.17. The average Bonchev–Trinajstić information content (AvgIpc) is 1.84. The molecule has 9 heavy (non-hydrogen) atoms. The summed E-state index contributed by atoms with van der Waals surface area (Å²) in [5.41, 5.74) is 0.